The van der Waals surface area contributed by atoms with Gasteiger partial charge in [-0.25, -0.2) is 15.0 Å². The molecule has 8 aromatic carbocycles. The Morgan fingerprint density at radius 2 is 0.598 bits per heavy atom. The second-order valence-corrected chi connectivity index (χ2v) is 20.7. The standard InChI is InChI=1S/C72H44N10/c1-3-19-45(20-4-1)57-41-58(77-70(76-57)46-21-5-2-6-22-46)47-23-7-8-29-53(47)67-68(79-59-30-14-9-24-48(59)49-25-10-15-31-60(49)79)71(81-62-33-17-12-27-51(62)55-43-74-39-36-65(55)81)78-72(82-63-34-18-13-28-52(63)56-44-75-40-37-66(56)82)69(67)80-61-32-16-11-26-50(61)54-42-73-38-35-64(54)80/h1-44H. The van der Waals surface area contributed by atoms with Crippen LogP contribution in [0.4, 0.5) is 0 Å². The van der Waals surface area contributed by atoms with Gasteiger partial charge in [0.2, 0.25) is 0 Å². The third-order valence-corrected chi connectivity index (χ3v) is 16.3. The van der Waals surface area contributed by atoms with E-state index >= 15 is 0 Å². The van der Waals surface area contributed by atoms with Gasteiger partial charge in [0.05, 0.1) is 55.5 Å². The van der Waals surface area contributed by atoms with Crippen molar-refractivity contribution >= 4 is 87.2 Å². The Morgan fingerprint density at radius 1 is 0.256 bits per heavy atom. The molecule has 0 aliphatic heterocycles. The molecule has 82 heavy (non-hydrogen) atoms. The van der Waals surface area contributed by atoms with Crippen LogP contribution in [0.15, 0.2) is 268 Å². The molecule has 0 unspecified atom stereocenters. The molecule has 9 heterocycles. The number of hydrogen-bond acceptors (Lipinski definition) is 6. The van der Waals surface area contributed by atoms with Gasteiger partial charge in [-0.3, -0.25) is 24.1 Å². The molecule has 0 fully saturated rings. The van der Waals surface area contributed by atoms with Crippen LogP contribution in [0.2, 0.25) is 0 Å². The Labute approximate surface area is 468 Å². The van der Waals surface area contributed by atoms with Gasteiger partial charge >= 0.3 is 0 Å². The van der Waals surface area contributed by atoms with Crippen LogP contribution in [-0.2, 0) is 0 Å². The molecule has 382 valence electrons. The first-order chi connectivity index (χ1) is 40.7. The lowest BCUT2D eigenvalue weighted by Gasteiger charge is -2.27. The van der Waals surface area contributed by atoms with E-state index in [1.165, 1.54) is 0 Å². The van der Waals surface area contributed by atoms with E-state index in [-0.39, 0.29) is 0 Å². The lowest BCUT2D eigenvalue weighted by molar-refractivity contribution is 0.960. The molecule has 0 saturated heterocycles. The zero-order chi connectivity index (χ0) is 53.8. The molecule has 0 aliphatic rings. The van der Waals surface area contributed by atoms with Crippen molar-refractivity contribution in [3.05, 3.63) is 268 Å². The first-order valence-electron chi connectivity index (χ1n) is 27.4. The molecule has 0 spiro atoms. The normalized spacial score (nSPS) is 11.9. The summed E-state index contributed by atoms with van der Waals surface area (Å²) in [6.45, 7) is 0. The molecule has 0 N–H and O–H groups in total. The molecule has 10 heteroatoms. The number of pyridine rings is 4. The van der Waals surface area contributed by atoms with Crippen molar-refractivity contribution in [3.8, 4) is 68.0 Å². The zero-order valence-corrected chi connectivity index (χ0v) is 43.9. The second-order valence-electron chi connectivity index (χ2n) is 20.7. The third-order valence-electron chi connectivity index (χ3n) is 16.3. The predicted molar refractivity (Wildman–Crippen MR) is 332 cm³/mol. The van der Waals surface area contributed by atoms with Gasteiger partial charge in [0.15, 0.2) is 17.5 Å². The molecule has 17 rings (SSSR count). The molecular weight excluding hydrogens is 1000 g/mol. The summed E-state index contributed by atoms with van der Waals surface area (Å²) in [5, 5.41) is 8.47. The lowest BCUT2D eigenvalue weighted by atomic mass is 9.93. The summed E-state index contributed by atoms with van der Waals surface area (Å²) >= 11 is 0. The van der Waals surface area contributed by atoms with Gasteiger partial charge < -0.3 is 9.13 Å². The summed E-state index contributed by atoms with van der Waals surface area (Å²) in [5.74, 6) is 2.05. The maximum atomic E-state index is 6.40. The van der Waals surface area contributed by atoms with Crippen LogP contribution in [0.25, 0.3) is 155 Å². The molecular formula is C72H44N10. The molecule has 17 aromatic rings. The number of fused-ring (bicyclic) bond motifs is 12. The highest BCUT2D eigenvalue weighted by molar-refractivity contribution is 6.16. The van der Waals surface area contributed by atoms with Gasteiger partial charge in [-0.2, -0.15) is 0 Å². The molecule has 0 bridgehead atoms. The maximum absolute atomic E-state index is 6.40. The zero-order valence-electron chi connectivity index (χ0n) is 43.9. The molecule has 9 aromatic heterocycles. The van der Waals surface area contributed by atoms with Crippen LogP contribution in [-0.4, -0.2) is 48.2 Å². The molecule has 0 aliphatic carbocycles. The van der Waals surface area contributed by atoms with E-state index in [4.69, 9.17) is 29.9 Å². The van der Waals surface area contributed by atoms with E-state index < -0.39 is 0 Å². The number of benzene rings is 8. The van der Waals surface area contributed by atoms with Crippen molar-refractivity contribution in [2.24, 2.45) is 0 Å². The average Bonchev–Trinajstić information content (AvgIpc) is 1.84. The van der Waals surface area contributed by atoms with Gasteiger partial charge in [0.1, 0.15) is 11.4 Å². The summed E-state index contributed by atoms with van der Waals surface area (Å²) in [5.41, 5.74) is 15.9. The fourth-order valence-corrected chi connectivity index (χ4v) is 12.8. The second kappa shape index (κ2) is 18.1. The highest BCUT2D eigenvalue weighted by Crippen LogP contribution is 2.50. The van der Waals surface area contributed by atoms with Crippen molar-refractivity contribution in [1.82, 2.24) is 48.2 Å². The highest BCUT2D eigenvalue weighted by Gasteiger charge is 2.34. The van der Waals surface area contributed by atoms with Crippen molar-refractivity contribution < 1.29 is 0 Å². The minimum Gasteiger partial charge on any atom is -0.305 e. The van der Waals surface area contributed by atoms with Crippen molar-refractivity contribution in [3.63, 3.8) is 0 Å². The topological polar surface area (TPSA) is 97.1 Å². The quantitative estimate of drug-likeness (QED) is 0.150. The first-order valence-corrected chi connectivity index (χ1v) is 27.4. The van der Waals surface area contributed by atoms with E-state index in [1.54, 1.807) is 0 Å². The summed E-state index contributed by atoms with van der Waals surface area (Å²) in [6, 6.07) is 81.4. The average molecular weight is 1050 g/mol. The van der Waals surface area contributed by atoms with Crippen LogP contribution in [0, 0.1) is 0 Å². The van der Waals surface area contributed by atoms with E-state index in [2.05, 4.69) is 225 Å². The van der Waals surface area contributed by atoms with Crippen LogP contribution in [0.3, 0.4) is 0 Å². The lowest BCUT2D eigenvalue weighted by Crippen LogP contribution is -2.16. The highest BCUT2D eigenvalue weighted by atomic mass is 15.2. The number of rotatable bonds is 8. The Bertz CT molecular complexity index is 4900. The summed E-state index contributed by atoms with van der Waals surface area (Å²) in [7, 11) is 0. The SMILES string of the molecule is c1ccc(-c2cc(-c3ccccc3-c3c(-n4c5ccccc5c5ccccc54)c(-n4c5ccccc5c5cnccc54)nc(-n4c5ccccc5c5cnccc54)c3-n3c4ccccc4c4cnccc43)nc(-c3ccccc3)n2)cc1. The van der Waals surface area contributed by atoms with Gasteiger partial charge in [0, 0.05) is 103 Å². The number of para-hydroxylation sites is 5. The smallest absolute Gasteiger partial charge is 0.165 e. The van der Waals surface area contributed by atoms with E-state index in [0.717, 1.165) is 138 Å². The molecule has 0 amide bonds. The number of nitrogens with zero attached hydrogens (tertiary/aromatic N) is 10. The van der Waals surface area contributed by atoms with Gasteiger partial charge in [-0.15, -0.1) is 0 Å². The van der Waals surface area contributed by atoms with Crippen molar-refractivity contribution in [2.75, 3.05) is 0 Å². The minimum atomic E-state index is 0.624. The predicted octanol–water partition coefficient (Wildman–Crippen LogP) is 17.1. The Morgan fingerprint density at radius 3 is 1.06 bits per heavy atom. The van der Waals surface area contributed by atoms with Crippen LogP contribution >= 0.6 is 0 Å². The summed E-state index contributed by atoms with van der Waals surface area (Å²) in [6.07, 6.45) is 11.6. The Hall–Kier alpha value is -11.4. The largest absolute Gasteiger partial charge is 0.305 e. The molecule has 0 saturated carbocycles. The van der Waals surface area contributed by atoms with Crippen molar-refractivity contribution in [2.45, 2.75) is 0 Å². The molecule has 0 atom stereocenters. The van der Waals surface area contributed by atoms with E-state index in [9.17, 15) is 0 Å². The fourth-order valence-electron chi connectivity index (χ4n) is 12.8. The summed E-state index contributed by atoms with van der Waals surface area (Å²) in [4.78, 5) is 31.6. The fraction of sp³-hybridized carbons (Fsp3) is 0. The summed E-state index contributed by atoms with van der Waals surface area (Å²) < 4.78 is 9.62. The van der Waals surface area contributed by atoms with E-state index in [0.29, 0.717) is 17.5 Å². The Kier molecular flexibility index (Phi) is 10.1. The van der Waals surface area contributed by atoms with E-state index in [1.807, 2.05) is 61.4 Å². The number of aromatic nitrogens is 10. The van der Waals surface area contributed by atoms with Crippen LogP contribution in [0.5, 0.6) is 0 Å². The van der Waals surface area contributed by atoms with Gasteiger partial charge in [0.25, 0.3) is 0 Å². The minimum absolute atomic E-state index is 0.624. The third kappa shape index (κ3) is 6.75. The van der Waals surface area contributed by atoms with Gasteiger partial charge in [-0.1, -0.05) is 176 Å². The Balaban J connectivity index is 1.17. The van der Waals surface area contributed by atoms with Crippen LogP contribution < -0.4 is 0 Å². The van der Waals surface area contributed by atoms with Gasteiger partial charge in [-0.05, 0) is 60.2 Å². The first kappa shape index (κ1) is 45.6. The monoisotopic (exact) mass is 1050 g/mol. The van der Waals surface area contributed by atoms with Crippen molar-refractivity contribution in [1.29, 1.82) is 0 Å². The maximum Gasteiger partial charge on any atom is 0.165 e. The van der Waals surface area contributed by atoms with Crippen LogP contribution in [0.1, 0.15) is 0 Å². The molecule has 10 nitrogen and oxygen atoms in total. The number of hydrogen-bond donors (Lipinski definition) is 0. The molecule has 0 radical (unpaired) electrons.